The van der Waals surface area contributed by atoms with E-state index in [4.69, 9.17) is 13.9 Å². The molecule has 1 amide bonds. The number of hydrazone groups is 1. The van der Waals surface area contributed by atoms with Crippen molar-refractivity contribution in [2.45, 2.75) is 18.8 Å². The van der Waals surface area contributed by atoms with Gasteiger partial charge in [-0.1, -0.05) is 54.2 Å². The van der Waals surface area contributed by atoms with Gasteiger partial charge in [0.15, 0.2) is 17.1 Å². The van der Waals surface area contributed by atoms with Crippen molar-refractivity contribution in [2.24, 2.45) is 5.10 Å². The largest absolute Gasteiger partial charge is 0.490 e. The molecule has 0 atom stereocenters. The highest BCUT2D eigenvalue weighted by atomic mass is 127. The Morgan fingerprint density at radius 3 is 2.74 bits per heavy atom. The highest BCUT2D eigenvalue weighted by Crippen LogP contribution is 2.34. The number of benzene rings is 3. The summed E-state index contributed by atoms with van der Waals surface area (Å²) in [5.41, 5.74) is 5.85. The molecule has 0 fully saturated rings. The Morgan fingerprint density at radius 1 is 1.15 bits per heavy atom. The zero-order valence-electron chi connectivity index (χ0n) is 18.4. The van der Waals surface area contributed by atoms with Gasteiger partial charge < -0.3 is 13.9 Å². The Kier molecular flexibility index (Phi) is 8.42. The number of rotatable bonds is 10. The zero-order valence-corrected chi connectivity index (χ0v) is 21.3. The highest BCUT2D eigenvalue weighted by molar-refractivity contribution is 14.1. The average molecular weight is 587 g/mol. The Morgan fingerprint density at radius 2 is 1.94 bits per heavy atom. The van der Waals surface area contributed by atoms with Gasteiger partial charge in [0.05, 0.1) is 22.1 Å². The van der Waals surface area contributed by atoms with Crippen LogP contribution in [0.1, 0.15) is 18.1 Å². The molecule has 0 aliphatic heterocycles. The Bertz CT molecular complexity index is 1260. The van der Waals surface area contributed by atoms with Crippen molar-refractivity contribution in [1.82, 2.24) is 10.4 Å². The van der Waals surface area contributed by atoms with Crippen molar-refractivity contribution < 1.29 is 18.7 Å². The van der Waals surface area contributed by atoms with E-state index < -0.39 is 0 Å². The van der Waals surface area contributed by atoms with Crippen LogP contribution in [0.3, 0.4) is 0 Å². The molecule has 0 unspecified atom stereocenters. The lowest BCUT2D eigenvalue weighted by molar-refractivity contribution is -0.118. The molecule has 0 saturated heterocycles. The van der Waals surface area contributed by atoms with Crippen LogP contribution in [0.2, 0.25) is 0 Å². The molecule has 0 bridgehead atoms. The standard InChI is InChI=1S/C25H22IN3O4S/c1-2-31-22-13-18(12-19(26)24(22)32-15-17-8-4-3-5-9-17)14-27-29-23(30)16-34-25-28-20-10-6-7-11-21(20)33-25/h3-14H,2,15-16H2,1H3,(H,29,30)/b27-14-. The fourth-order valence-electron chi connectivity index (χ4n) is 3.05. The van der Waals surface area contributed by atoms with Crippen LogP contribution in [-0.2, 0) is 11.4 Å². The summed E-state index contributed by atoms with van der Waals surface area (Å²) in [6.45, 7) is 2.86. The fraction of sp³-hybridized carbons (Fsp3) is 0.160. The van der Waals surface area contributed by atoms with Crippen molar-refractivity contribution in [3.8, 4) is 11.5 Å². The minimum Gasteiger partial charge on any atom is -0.490 e. The predicted octanol–water partition coefficient (Wildman–Crippen LogP) is 5.65. The topological polar surface area (TPSA) is 86.0 Å². The van der Waals surface area contributed by atoms with Gasteiger partial charge in [0.2, 0.25) is 0 Å². The number of carbonyl (C=O) groups excluding carboxylic acids is 1. The number of nitrogens with zero attached hydrogens (tertiary/aromatic N) is 2. The molecule has 174 valence electrons. The molecule has 9 heteroatoms. The smallest absolute Gasteiger partial charge is 0.257 e. The van der Waals surface area contributed by atoms with Gasteiger partial charge in [-0.3, -0.25) is 4.79 Å². The summed E-state index contributed by atoms with van der Waals surface area (Å²) in [5.74, 6) is 1.19. The van der Waals surface area contributed by atoms with Gasteiger partial charge in [0, 0.05) is 0 Å². The number of hydrogen-bond acceptors (Lipinski definition) is 7. The van der Waals surface area contributed by atoms with Crippen molar-refractivity contribution in [3.05, 3.63) is 81.4 Å². The first-order valence-electron chi connectivity index (χ1n) is 10.6. The first-order valence-corrected chi connectivity index (χ1v) is 12.6. The third-order valence-electron chi connectivity index (χ3n) is 4.56. The number of ether oxygens (including phenoxy) is 2. The molecule has 0 radical (unpaired) electrons. The van der Waals surface area contributed by atoms with E-state index in [0.29, 0.717) is 35.5 Å². The quantitative estimate of drug-likeness (QED) is 0.112. The molecule has 4 rings (SSSR count). The molecule has 4 aromatic rings. The van der Waals surface area contributed by atoms with Crippen molar-refractivity contribution in [1.29, 1.82) is 0 Å². The molecular weight excluding hydrogens is 565 g/mol. The summed E-state index contributed by atoms with van der Waals surface area (Å²) in [5, 5.41) is 4.52. The van der Waals surface area contributed by atoms with Crippen LogP contribution in [0.25, 0.3) is 11.1 Å². The maximum absolute atomic E-state index is 12.2. The summed E-state index contributed by atoms with van der Waals surface area (Å²) in [4.78, 5) is 16.5. The van der Waals surface area contributed by atoms with Crippen LogP contribution in [0.15, 0.2) is 81.5 Å². The summed E-state index contributed by atoms with van der Waals surface area (Å²) >= 11 is 3.43. The van der Waals surface area contributed by atoms with Crippen molar-refractivity contribution in [2.75, 3.05) is 12.4 Å². The zero-order chi connectivity index (χ0) is 23.8. The second-order valence-corrected chi connectivity index (χ2v) is 9.16. The second kappa shape index (κ2) is 11.9. The summed E-state index contributed by atoms with van der Waals surface area (Å²) in [7, 11) is 0. The monoisotopic (exact) mass is 587 g/mol. The third kappa shape index (κ3) is 6.51. The number of oxazole rings is 1. The van der Waals surface area contributed by atoms with Gasteiger partial charge >= 0.3 is 0 Å². The average Bonchev–Trinajstić information content (AvgIpc) is 3.26. The Labute approximate surface area is 215 Å². The summed E-state index contributed by atoms with van der Waals surface area (Å²) in [6.07, 6.45) is 1.58. The van der Waals surface area contributed by atoms with E-state index in [1.165, 1.54) is 11.8 Å². The van der Waals surface area contributed by atoms with Gasteiger partial charge in [-0.25, -0.2) is 10.4 Å². The molecule has 34 heavy (non-hydrogen) atoms. The van der Waals surface area contributed by atoms with Crippen LogP contribution in [0.4, 0.5) is 0 Å². The normalized spacial score (nSPS) is 11.1. The molecule has 0 aliphatic rings. The third-order valence-corrected chi connectivity index (χ3v) is 6.19. The Balaban J connectivity index is 1.35. The second-order valence-electron chi connectivity index (χ2n) is 7.07. The van der Waals surface area contributed by atoms with Gasteiger partial charge in [0.25, 0.3) is 11.1 Å². The maximum atomic E-state index is 12.2. The van der Waals surface area contributed by atoms with E-state index in [0.717, 1.165) is 20.2 Å². The first kappa shape index (κ1) is 24.1. The van der Waals surface area contributed by atoms with E-state index >= 15 is 0 Å². The number of nitrogens with one attached hydrogen (secondary N) is 1. The predicted molar refractivity (Wildman–Crippen MR) is 142 cm³/mol. The van der Waals surface area contributed by atoms with Gasteiger partial charge in [0.1, 0.15) is 12.1 Å². The van der Waals surface area contributed by atoms with E-state index in [-0.39, 0.29) is 11.7 Å². The number of hydrogen-bond donors (Lipinski definition) is 1. The number of para-hydroxylation sites is 2. The van der Waals surface area contributed by atoms with Crippen molar-refractivity contribution >= 4 is 57.6 Å². The fourth-order valence-corrected chi connectivity index (χ4v) is 4.46. The molecule has 1 aromatic heterocycles. The van der Waals surface area contributed by atoms with E-state index in [9.17, 15) is 4.79 Å². The van der Waals surface area contributed by atoms with Crippen LogP contribution in [-0.4, -0.2) is 29.5 Å². The van der Waals surface area contributed by atoms with Crippen molar-refractivity contribution in [3.63, 3.8) is 0 Å². The van der Waals surface area contributed by atoms with E-state index in [2.05, 4.69) is 38.1 Å². The minimum absolute atomic E-state index is 0.137. The van der Waals surface area contributed by atoms with Gasteiger partial charge in [-0.15, -0.1) is 0 Å². The van der Waals surface area contributed by atoms with Crippen LogP contribution < -0.4 is 14.9 Å². The molecule has 7 nitrogen and oxygen atoms in total. The van der Waals surface area contributed by atoms with E-state index in [1.807, 2.05) is 73.7 Å². The lowest BCUT2D eigenvalue weighted by Gasteiger charge is -2.14. The van der Waals surface area contributed by atoms with Crippen LogP contribution in [0, 0.1) is 3.57 Å². The van der Waals surface area contributed by atoms with Crippen LogP contribution >= 0.6 is 34.4 Å². The molecule has 1 N–H and O–H groups in total. The van der Waals surface area contributed by atoms with E-state index in [1.54, 1.807) is 6.21 Å². The summed E-state index contributed by atoms with van der Waals surface area (Å²) in [6, 6.07) is 21.2. The van der Waals surface area contributed by atoms with Crippen LogP contribution in [0.5, 0.6) is 11.5 Å². The number of thioether (sulfide) groups is 1. The number of amides is 1. The first-order chi connectivity index (χ1) is 16.6. The number of fused-ring (bicyclic) bond motifs is 1. The van der Waals surface area contributed by atoms with Gasteiger partial charge in [-0.05, 0) is 64.9 Å². The number of aromatic nitrogens is 1. The maximum Gasteiger partial charge on any atom is 0.257 e. The molecule has 0 spiro atoms. The summed E-state index contributed by atoms with van der Waals surface area (Å²) < 4.78 is 18.3. The number of halogens is 1. The lowest BCUT2D eigenvalue weighted by atomic mass is 10.2. The lowest BCUT2D eigenvalue weighted by Crippen LogP contribution is -2.19. The molecule has 1 heterocycles. The minimum atomic E-state index is -0.258. The molecule has 3 aromatic carbocycles. The molecule has 0 aliphatic carbocycles. The van der Waals surface area contributed by atoms with Gasteiger partial charge in [-0.2, -0.15) is 5.10 Å². The molecule has 0 saturated carbocycles. The molecular formula is C25H22IN3O4S. The highest BCUT2D eigenvalue weighted by Gasteiger charge is 2.13. The number of carbonyl (C=O) groups is 1. The SMILES string of the molecule is CCOc1cc(/C=N\NC(=O)CSc2nc3ccccc3o2)cc(I)c1OCc1ccccc1. The Hall–Kier alpha value is -3.05.